The summed E-state index contributed by atoms with van der Waals surface area (Å²) in [4.78, 5) is 29.3. The van der Waals surface area contributed by atoms with E-state index in [4.69, 9.17) is 0 Å². The van der Waals surface area contributed by atoms with Gasteiger partial charge >= 0.3 is 0 Å². The third kappa shape index (κ3) is 2.92. The molecule has 3 aromatic heterocycles. The molecule has 9 heteroatoms. The number of carbonyl (C=O) groups excluding carboxylic acids is 1. The first-order valence-corrected chi connectivity index (χ1v) is 6.93. The molecule has 0 unspecified atom stereocenters. The van der Waals surface area contributed by atoms with Crippen molar-refractivity contribution in [2.24, 2.45) is 0 Å². The Morgan fingerprint density at radius 3 is 2.86 bits per heavy atom. The second-order valence-corrected chi connectivity index (χ2v) is 5.12. The summed E-state index contributed by atoms with van der Waals surface area (Å²) in [5.41, 5.74) is 0.650. The second kappa shape index (κ2) is 5.75. The third-order valence-corrected chi connectivity index (χ3v) is 3.79. The van der Waals surface area contributed by atoms with Crippen LogP contribution in [0.4, 0.5) is 0 Å². The summed E-state index contributed by atoms with van der Waals surface area (Å²) >= 11 is 1.26. The average molecular weight is 301 g/mol. The zero-order valence-electron chi connectivity index (χ0n) is 11.1. The van der Waals surface area contributed by atoms with E-state index in [0.29, 0.717) is 27.2 Å². The molecule has 0 aliphatic carbocycles. The van der Waals surface area contributed by atoms with E-state index in [1.807, 2.05) is 0 Å². The molecule has 0 saturated carbocycles. The molecule has 0 aromatic carbocycles. The minimum Gasteiger partial charge on any atom is -0.344 e. The van der Waals surface area contributed by atoms with Crippen LogP contribution in [0.1, 0.15) is 21.2 Å². The summed E-state index contributed by atoms with van der Waals surface area (Å²) in [6.07, 6.45) is 4.68. The summed E-state index contributed by atoms with van der Waals surface area (Å²) < 4.78 is 0. The van der Waals surface area contributed by atoms with Gasteiger partial charge in [0.15, 0.2) is 10.8 Å². The smallest absolute Gasteiger partial charge is 0.263 e. The van der Waals surface area contributed by atoms with Crippen molar-refractivity contribution in [2.45, 2.75) is 13.5 Å². The number of aromatic nitrogens is 6. The highest BCUT2D eigenvalue weighted by Gasteiger charge is 2.17. The van der Waals surface area contributed by atoms with Crippen LogP contribution in [-0.4, -0.2) is 36.0 Å². The highest BCUT2D eigenvalue weighted by Crippen LogP contribution is 2.24. The topological polar surface area (TPSA) is 109 Å². The van der Waals surface area contributed by atoms with Crippen molar-refractivity contribution in [3.8, 4) is 10.8 Å². The first-order chi connectivity index (χ1) is 10.2. The fourth-order valence-corrected chi connectivity index (χ4v) is 2.60. The monoisotopic (exact) mass is 301 g/mol. The Balaban J connectivity index is 1.76. The Bertz CT molecular complexity index is 738. The minimum absolute atomic E-state index is 0.205. The van der Waals surface area contributed by atoms with Crippen LogP contribution in [0, 0.1) is 6.92 Å². The predicted octanol–water partition coefficient (Wildman–Crippen LogP) is 0.957. The van der Waals surface area contributed by atoms with Crippen LogP contribution in [0.3, 0.4) is 0 Å². The zero-order valence-corrected chi connectivity index (χ0v) is 11.9. The third-order valence-electron chi connectivity index (χ3n) is 2.64. The number of nitrogens with zero attached hydrogens (tertiary/aromatic N) is 5. The van der Waals surface area contributed by atoms with Gasteiger partial charge in [0.05, 0.1) is 12.2 Å². The van der Waals surface area contributed by atoms with Crippen LogP contribution < -0.4 is 5.32 Å². The van der Waals surface area contributed by atoms with Crippen molar-refractivity contribution in [1.82, 2.24) is 35.5 Å². The molecular weight excluding hydrogens is 290 g/mol. The van der Waals surface area contributed by atoms with Gasteiger partial charge in [-0.3, -0.25) is 9.89 Å². The first kappa shape index (κ1) is 13.3. The lowest BCUT2D eigenvalue weighted by Gasteiger charge is -2.00. The highest BCUT2D eigenvalue weighted by atomic mass is 32.1. The Morgan fingerprint density at radius 2 is 2.14 bits per heavy atom. The maximum Gasteiger partial charge on any atom is 0.263 e. The summed E-state index contributed by atoms with van der Waals surface area (Å²) in [7, 11) is 0. The van der Waals surface area contributed by atoms with Gasteiger partial charge in [0.2, 0.25) is 0 Å². The largest absolute Gasteiger partial charge is 0.344 e. The number of hydrogen-bond donors (Lipinski definition) is 2. The van der Waals surface area contributed by atoms with Gasteiger partial charge in [-0.25, -0.2) is 19.9 Å². The van der Waals surface area contributed by atoms with Crippen LogP contribution >= 0.6 is 11.3 Å². The van der Waals surface area contributed by atoms with Crippen molar-refractivity contribution in [1.29, 1.82) is 0 Å². The molecule has 3 rings (SSSR count). The van der Waals surface area contributed by atoms with Crippen molar-refractivity contribution in [2.75, 3.05) is 0 Å². The van der Waals surface area contributed by atoms with Crippen LogP contribution in [0.15, 0.2) is 24.8 Å². The Kier molecular flexibility index (Phi) is 3.65. The minimum atomic E-state index is -0.205. The Morgan fingerprint density at radius 1 is 1.33 bits per heavy atom. The molecule has 0 spiro atoms. The van der Waals surface area contributed by atoms with Gasteiger partial charge in [0, 0.05) is 12.4 Å². The van der Waals surface area contributed by atoms with Gasteiger partial charge in [0.25, 0.3) is 5.91 Å². The lowest BCUT2D eigenvalue weighted by Crippen LogP contribution is -2.23. The molecule has 106 valence electrons. The number of H-pyrrole nitrogens is 1. The normalized spacial score (nSPS) is 10.5. The lowest BCUT2D eigenvalue weighted by molar-refractivity contribution is 0.0953. The molecule has 21 heavy (non-hydrogen) atoms. The molecule has 0 aliphatic rings. The fourth-order valence-electron chi connectivity index (χ4n) is 1.67. The number of amides is 1. The fraction of sp³-hybridized carbons (Fsp3) is 0.167. The van der Waals surface area contributed by atoms with E-state index >= 15 is 0 Å². The number of nitrogens with one attached hydrogen (secondary N) is 2. The second-order valence-electron chi connectivity index (χ2n) is 4.12. The lowest BCUT2D eigenvalue weighted by atomic mass is 10.3. The van der Waals surface area contributed by atoms with Gasteiger partial charge in [-0.15, -0.1) is 11.3 Å². The van der Waals surface area contributed by atoms with Crippen LogP contribution in [0.2, 0.25) is 0 Å². The molecule has 3 heterocycles. The standard InChI is InChI=1S/C12H11N7OS/c1-7-9(11(20)15-5-8-16-6-17-19-8)21-12(18-7)10-13-3-2-4-14-10/h2-4,6H,5H2,1H3,(H,15,20)(H,16,17,19). The molecule has 0 bridgehead atoms. The van der Waals surface area contributed by atoms with Crippen molar-refractivity contribution < 1.29 is 4.79 Å². The van der Waals surface area contributed by atoms with Crippen molar-refractivity contribution in [3.05, 3.63) is 41.2 Å². The van der Waals surface area contributed by atoms with Gasteiger partial charge in [-0.05, 0) is 13.0 Å². The molecule has 0 saturated heterocycles. The molecule has 8 nitrogen and oxygen atoms in total. The molecule has 3 aromatic rings. The van der Waals surface area contributed by atoms with E-state index < -0.39 is 0 Å². The first-order valence-electron chi connectivity index (χ1n) is 6.11. The Labute approximate surface area is 123 Å². The quantitative estimate of drug-likeness (QED) is 0.742. The van der Waals surface area contributed by atoms with Gasteiger partial charge in [-0.1, -0.05) is 0 Å². The number of rotatable bonds is 4. The highest BCUT2D eigenvalue weighted by molar-refractivity contribution is 7.17. The number of thiazole rings is 1. The van der Waals surface area contributed by atoms with E-state index in [0.717, 1.165) is 0 Å². The van der Waals surface area contributed by atoms with Gasteiger partial charge < -0.3 is 5.32 Å². The Hall–Kier alpha value is -2.68. The number of carbonyl (C=O) groups is 1. The molecular formula is C12H11N7OS. The van der Waals surface area contributed by atoms with E-state index in [2.05, 4.69) is 35.5 Å². The summed E-state index contributed by atoms with van der Waals surface area (Å²) in [6.45, 7) is 2.07. The van der Waals surface area contributed by atoms with Crippen molar-refractivity contribution in [3.63, 3.8) is 0 Å². The summed E-state index contributed by atoms with van der Waals surface area (Å²) in [6, 6.07) is 1.73. The number of aryl methyl sites for hydroxylation is 1. The number of aromatic amines is 1. The molecule has 0 radical (unpaired) electrons. The van der Waals surface area contributed by atoms with Crippen molar-refractivity contribution >= 4 is 17.2 Å². The maximum absolute atomic E-state index is 12.2. The van der Waals surface area contributed by atoms with E-state index in [1.165, 1.54) is 17.7 Å². The average Bonchev–Trinajstić information content (AvgIpc) is 3.15. The van der Waals surface area contributed by atoms with Crippen LogP contribution in [0.25, 0.3) is 10.8 Å². The maximum atomic E-state index is 12.2. The molecule has 1 amide bonds. The van der Waals surface area contributed by atoms with Crippen LogP contribution in [-0.2, 0) is 6.54 Å². The van der Waals surface area contributed by atoms with Crippen LogP contribution in [0.5, 0.6) is 0 Å². The van der Waals surface area contributed by atoms with Gasteiger partial charge in [0.1, 0.15) is 17.0 Å². The predicted molar refractivity (Wildman–Crippen MR) is 75.4 cm³/mol. The molecule has 0 fully saturated rings. The summed E-state index contributed by atoms with van der Waals surface area (Å²) in [5.74, 6) is 0.903. The molecule has 0 atom stereocenters. The van der Waals surface area contributed by atoms with Gasteiger partial charge in [-0.2, -0.15) is 5.10 Å². The summed E-state index contributed by atoms with van der Waals surface area (Å²) in [5, 5.41) is 9.79. The van der Waals surface area contributed by atoms with E-state index in [-0.39, 0.29) is 12.5 Å². The van der Waals surface area contributed by atoms with E-state index in [1.54, 1.807) is 25.4 Å². The SMILES string of the molecule is Cc1nc(-c2ncccn2)sc1C(=O)NCc1ncn[nH]1. The number of hydrogen-bond acceptors (Lipinski definition) is 7. The van der Waals surface area contributed by atoms with E-state index in [9.17, 15) is 4.79 Å². The zero-order chi connectivity index (χ0) is 14.7. The molecule has 2 N–H and O–H groups in total. The molecule has 0 aliphatic heterocycles.